The molecule has 1 aromatic rings. The number of benzene rings is 1. The van der Waals surface area contributed by atoms with Crippen LogP contribution in [0.3, 0.4) is 0 Å². The van der Waals surface area contributed by atoms with Crippen molar-refractivity contribution in [1.82, 2.24) is 25.2 Å². The first-order valence-corrected chi connectivity index (χ1v) is 21.4. The van der Waals surface area contributed by atoms with E-state index in [-0.39, 0.29) is 19.1 Å². The van der Waals surface area contributed by atoms with E-state index in [1.807, 2.05) is 32.9 Å². The topological polar surface area (TPSA) is 174 Å². The number of amides is 5. The van der Waals surface area contributed by atoms with E-state index in [4.69, 9.17) is 4.74 Å². The van der Waals surface area contributed by atoms with Gasteiger partial charge in [-0.3, -0.25) is 24.0 Å². The summed E-state index contributed by atoms with van der Waals surface area (Å²) in [5.41, 5.74) is 3.36. The number of aryl methyl sites for hydroxylation is 1. The molecule has 3 unspecified atom stereocenters. The van der Waals surface area contributed by atoms with Crippen molar-refractivity contribution in [2.75, 3.05) is 25.4 Å². The standard InChI is InChI=1S/C34H51N5O8S.C4H10.C2H6/c1-24(12-7-8-13-25-14-10-15-26-21-38(34(44)45)22-27(25)26)23-47-33(43)35-20-30(40)39-18-11-17-29(39)32(42)36-28-16-6-4-2-3-5-9-19-48(46)37-31(28)41;1-4(2)3;1-2/h10,14-15,24,28-29H,2-9,11-13,16-23H2,1H3,(H,35,43)(H,36,42)(H,37,41)(H,44,45);4H,1-3H3;1-2H3/t24-,28?,29?,48?;;/m1../s1. The molecule has 0 aromatic heterocycles. The lowest BCUT2D eigenvalue weighted by molar-refractivity contribution is -0.138. The molecule has 54 heavy (non-hydrogen) atoms. The van der Waals surface area contributed by atoms with Gasteiger partial charge >= 0.3 is 12.2 Å². The van der Waals surface area contributed by atoms with Crippen molar-refractivity contribution in [2.24, 2.45) is 11.8 Å². The molecule has 3 heterocycles. The van der Waals surface area contributed by atoms with E-state index in [1.54, 1.807) is 0 Å². The maximum absolute atomic E-state index is 13.2. The van der Waals surface area contributed by atoms with Gasteiger partial charge in [0.1, 0.15) is 29.6 Å². The number of hydrogen-bond donors (Lipinski definition) is 4. The summed E-state index contributed by atoms with van der Waals surface area (Å²) in [5.74, 6) is 0.0484. The highest BCUT2D eigenvalue weighted by Gasteiger charge is 2.36. The number of carbonyl (C=O) groups is 5. The molecule has 1 aromatic carbocycles. The largest absolute Gasteiger partial charge is 0.465 e. The molecule has 5 amide bonds. The van der Waals surface area contributed by atoms with Crippen LogP contribution in [-0.2, 0) is 49.6 Å². The van der Waals surface area contributed by atoms with Gasteiger partial charge in [-0.05, 0) is 73.5 Å². The van der Waals surface area contributed by atoms with Crippen LogP contribution >= 0.6 is 0 Å². The van der Waals surface area contributed by atoms with Crippen LogP contribution in [0.1, 0.15) is 135 Å². The fourth-order valence-corrected chi connectivity index (χ4v) is 7.60. The van der Waals surface area contributed by atoms with Crippen LogP contribution in [0.5, 0.6) is 0 Å². The molecular weight excluding hydrogens is 711 g/mol. The molecule has 13 nitrogen and oxygen atoms in total. The van der Waals surface area contributed by atoms with Gasteiger partial charge in [-0.2, -0.15) is 0 Å². The number of likely N-dealkylation sites (tertiary alicyclic amines) is 1. The summed E-state index contributed by atoms with van der Waals surface area (Å²) < 4.78 is 20.1. The number of ether oxygens (including phenoxy) is 1. The lowest BCUT2D eigenvalue weighted by Crippen LogP contribution is -2.54. The number of hydrogen-bond acceptors (Lipinski definition) is 7. The molecule has 4 N–H and O–H groups in total. The predicted octanol–water partition coefficient (Wildman–Crippen LogP) is 6.44. The summed E-state index contributed by atoms with van der Waals surface area (Å²) in [7, 11) is -1.49. The maximum atomic E-state index is 13.2. The lowest BCUT2D eigenvalue weighted by atomic mass is 9.97. The highest BCUT2D eigenvalue weighted by molar-refractivity contribution is 7.83. The average Bonchev–Trinajstić information content (AvgIpc) is 3.81. The van der Waals surface area contributed by atoms with Crippen LogP contribution in [0.15, 0.2) is 18.2 Å². The Bertz CT molecular complexity index is 1370. The minimum atomic E-state index is -1.49. The van der Waals surface area contributed by atoms with Gasteiger partial charge < -0.3 is 25.4 Å². The number of rotatable bonds is 11. The average molecular weight is 778 g/mol. The van der Waals surface area contributed by atoms with Crippen molar-refractivity contribution in [1.29, 1.82) is 0 Å². The third-order valence-electron chi connectivity index (χ3n) is 9.42. The van der Waals surface area contributed by atoms with E-state index >= 15 is 0 Å². The van der Waals surface area contributed by atoms with Gasteiger partial charge in [0.2, 0.25) is 11.8 Å². The number of fused-ring (bicyclic) bond motifs is 1. The molecule has 3 aliphatic heterocycles. The third-order valence-corrected chi connectivity index (χ3v) is 10.5. The quantitative estimate of drug-likeness (QED) is 0.186. The second kappa shape index (κ2) is 25.4. The second-order valence-corrected chi connectivity index (χ2v) is 16.3. The number of alkyl carbamates (subject to hydrolysis) is 1. The van der Waals surface area contributed by atoms with E-state index in [1.165, 1.54) is 15.4 Å². The van der Waals surface area contributed by atoms with Crippen molar-refractivity contribution in [3.63, 3.8) is 0 Å². The first-order chi connectivity index (χ1) is 25.8. The predicted molar refractivity (Wildman–Crippen MR) is 212 cm³/mol. The number of carboxylic acid groups (broad SMARTS) is 1. The summed E-state index contributed by atoms with van der Waals surface area (Å²) in [6.07, 6.45) is 9.02. The van der Waals surface area contributed by atoms with Gasteiger partial charge in [-0.1, -0.05) is 98.3 Å². The minimum absolute atomic E-state index is 0.118. The van der Waals surface area contributed by atoms with Crippen LogP contribution in [0.2, 0.25) is 0 Å². The van der Waals surface area contributed by atoms with E-state index in [0.717, 1.165) is 81.3 Å². The summed E-state index contributed by atoms with van der Waals surface area (Å²) in [5, 5.41) is 14.6. The van der Waals surface area contributed by atoms with Crippen molar-refractivity contribution >= 4 is 40.9 Å². The molecular formula is C40H67N5O8S. The Morgan fingerprint density at radius 2 is 1.65 bits per heavy atom. The Morgan fingerprint density at radius 1 is 0.963 bits per heavy atom. The van der Waals surface area contributed by atoms with Gasteiger partial charge in [0.15, 0.2) is 0 Å². The Morgan fingerprint density at radius 3 is 2.35 bits per heavy atom. The fourth-order valence-electron chi connectivity index (χ4n) is 6.67. The number of carbonyl (C=O) groups excluding carboxylic acids is 4. The zero-order valence-electron chi connectivity index (χ0n) is 33.6. The van der Waals surface area contributed by atoms with Crippen LogP contribution in [0.4, 0.5) is 9.59 Å². The highest BCUT2D eigenvalue weighted by Crippen LogP contribution is 2.27. The molecule has 4 atom stereocenters. The van der Waals surface area contributed by atoms with E-state index in [0.29, 0.717) is 44.6 Å². The van der Waals surface area contributed by atoms with Crippen molar-refractivity contribution in [3.05, 3.63) is 34.9 Å². The lowest BCUT2D eigenvalue weighted by Gasteiger charge is -2.26. The third kappa shape index (κ3) is 16.8. The van der Waals surface area contributed by atoms with Gasteiger partial charge in [-0.25, -0.2) is 13.8 Å². The van der Waals surface area contributed by atoms with Crippen LogP contribution in [-0.4, -0.2) is 86.6 Å². The van der Waals surface area contributed by atoms with Gasteiger partial charge in [-0.15, -0.1) is 0 Å². The van der Waals surface area contributed by atoms with Crippen molar-refractivity contribution in [3.8, 4) is 0 Å². The number of nitrogens with zero attached hydrogens (tertiary/aromatic N) is 2. The van der Waals surface area contributed by atoms with Crippen molar-refractivity contribution in [2.45, 2.75) is 150 Å². The van der Waals surface area contributed by atoms with Crippen molar-refractivity contribution < 1.29 is 38.0 Å². The Balaban J connectivity index is 0.00000157. The maximum Gasteiger partial charge on any atom is 0.407 e. The smallest absolute Gasteiger partial charge is 0.407 e. The zero-order valence-corrected chi connectivity index (χ0v) is 34.4. The van der Waals surface area contributed by atoms with E-state index in [2.05, 4.69) is 42.2 Å². The van der Waals surface area contributed by atoms with Gasteiger partial charge in [0, 0.05) is 25.4 Å². The number of unbranched alkanes of at least 4 members (excludes halogenated alkanes) is 1. The summed E-state index contributed by atoms with van der Waals surface area (Å²) in [4.78, 5) is 65.6. The molecule has 14 heteroatoms. The molecule has 0 bridgehead atoms. The van der Waals surface area contributed by atoms with Crippen LogP contribution in [0, 0.1) is 11.8 Å². The Hall–Kier alpha value is -3.68. The molecule has 0 radical (unpaired) electrons. The molecule has 2 saturated heterocycles. The van der Waals surface area contributed by atoms with E-state index in [9.17, 15) is 33.3 Å². The van der Waals surface area contributed by atoms with Crippen LogP contribution < -0.4 is 15.4 Å². The van der Waals surface area contributed by atoms with Crippen LogP contribution in [0.25, 0.3) is 0 Å². The SMILES string of the molecule is CC.CC(C)C.C[C@H](CCCCc1cccc2c1CN(C(=O)O)C2)COC(=O)NCC(=O)N1CCCC1C(=O)NC1CCCCCCCCS(=O)NC1=O. The zero-order chi connectivity index (χ0) is 40.0. The first-order valence-electron chi connectivity index (χ1n) is 20.1. The fraction of sp³-hybridized carbons (Fsp3) is 0.725. The second-order valence-electron chi connectivity index (χ2n) is 15.0. The van der Waals surface area contributed by atoms with Gasteiger partial charge in [0.05, 0.1) is 6.61 Å². The summed E-state index contributed by atoms with van der Waals surface area (Å²) >= 11 is 0. The highest BCUT2D eigenvalue weighted by atomic mass is 32.2. The van der Waals surface area contributed by atoms with Gasteiger partial charge in [0.25, 0.3) is 5.91 Å². The molecule has 0 saturated carbocycles. The summed E-state index contributed by atoms with van der Waals surface area (Å²) in [6.45, 7) is 13.6. The molecule has 0 aliphatic carbocycles. The molecule has 0 spiro atoms. The summed E-state index contributed by atoms with van der Waals surface area (Å²) in [6, 6.07) is 4.45. The monoisotopic (exact) mass is 777 g/mol. The minimum Gasteiger partial charge on any atom is -0.465 e. The molecule has 4 rings (SSSR count). The molecule has 3 aliphatic rings. The molecule has 2 fully saturated rings. The van der Waals surface area contributed by atoms with E-state index < -0.39 is 53.0 Å². The first kappa shape index (κ1) is 46.5. The Kier molecular flexibility index (Phi) is 21.9. The number of nitrogens with one attached hydrogen (secondary N) is 3. The normalized spacial score (nSPS) is 20.7. The Labute approximate surface area is 325 Å². The molecule has 306 valence electrons.